The zero-order chi connectivity index (χ0) is 9.54. The van der Waals surface area contributed by atoms with Crippen LogP contribution in [0.25, 0.3) is 0 Å². The molecule has 1 aromatic heterocycles. The van der Waals surface area contributed by atoms with Crippen LogP contribution in [0.1, 0.15) is 35.6 Å². The average molecular weight is 207 g/mol. The molecule has 0 amide bonds. The monoisotopic (exact) mass is 207 g/mol. The van der Waals surface area contributed by atoms with Crippen LogP contribution in [0, 0.1) is 11.8 Å². The molecule has 0 radical (unpaired) electrons. The van der Waals surface area contributed by atoms with Gasteiger partial charge in [0.15, 0.2) is 0 Å². The second kappa shape index (κ2) is 3.35. The lowest BCUT2D eigenvalue weighted by atomic mass is 10.0. The van der Waals surface area contributed by atoms with Crippen LogP contribution in [0.3, 0.4) is 0 Å². The van der Waals surface area contributed by atoms with Crippen molar-refractivity contribution in [2.24, 2.45) is 11.8 Å². The molecule has 2 aliphatic rings. The molecule has 2 unspecified atom stereocenters. The highest BCUT2D eigenvalue weighted by Crippen LogP contribution is 2.63. The minimum absolute atomic E-state index is 0.943. The molecule has 1 nitrogen and oxygen atoms in total. The fraction of sp³-hybridized carbons (Fsp3) is 0.667. The molecular weight excluding hydrogens is 190 g/mol. The van der Waals surface area contributed by atoms with Gasteiger partial charge in [0, 0.05) is 11.4 Å². The van der Waals surface area contributed by atoms with Crippen LogP contribution in [0.5, 0.6) is 0 Å². The topological polar surface area (TPSA) is 12.0 Å². The molecule has 2 fully saturated rings. The molecule has 2 aliphatic carbocycles. The number of rotatable bonds is 3. The Balaban J connectivity index is 1.80. The standard InChI is InChI=1S/C12H17NS/c1-13-7-11-10(5-6-14-11)12-8-3-2-4-9(8)12/h5-6,8-9,12-13H,2-4,7H2,1H3. The summed E-state index contributed by atoms with van der Waals surface area (Å²) >= 11 is 1.92. The predicted octanol–water partition coefficient (Wildman–Crippen LogP) is 2.98. The molecule has 0 aromatic carbocycles. The summed E-state index contributed by atoms with van der Waals surface area (Å²) in [5.74, 6) is 3.05. The first kappa shape index (κ1) is 8.93. The zero-order valence-electron chi connectivity index (χ0n) is 8.62. The molecule has 2 heteroatoms. The summed E-state index contributed by atoms with van der Waals surface area (Å²) in [5.41, 5.74) is 1.67. The number of nitrogens with one attached hydrogen (secondary N) is 1. The van der Waals surface area contributed by atoms with Gasteiger partial charge in [-0.2, -0.15) is 0 Å². The molecule has 1 aromatic rings. The normalized spacial score (nSPS) is 34.5. The zero-order valence-corrected chi connectivity index (χ0v) is 9.44. The molecule has 2 atom stereocenters. The van der Waals surface area contributed by atoms with E-state index in [1.165, 1.54) is 19.3 Å². The quantitative estimate of drug-likeness (QED) is 0.803. The number of fused-ring (bicyclic) bond motifs is 1. The largest absolute Gasteiger partial charge is 0.315 e. The van der Waals surface area contributed by atoms with E-state index in [9.17, 15) is 0 Å². The van der Waals surface area contributed by atoms with Gasteiger partial charge >= 0.3 is 0 Å². The SMILES string of the molecule is CNCc1sccc1C1C2CCCC21. The van der Waals surface area contributed by atoms with Gasteiger partial charge in [0.05, 0.1) is 0 Å². The van der Waals surface area contributed by atoms with Crippen molar-refractivity contribution in [2.75, 3.05) is 7.05 Å². The van der Waals surface area contributed by atoms with Crippen molar-refractivity contribution >= 4 is 11.3 Å². The molecule has 14 heavy (non-hydrogen) atoms. The lowest BCUT2D eigenvalue weighted by Gasteiger charge is -2.04. The number of hydrogen-bond acceptors (Lipinski definition) is 2. The fourth-order valence-electron chi connectivity index (χ4n) is 3.23. The van der Waals surface area contributed by atoms with Crippen molar-refractivity contribution in [1.29, 1.82) is 0 Å². The van der Waals surface area contributed by atoms with E-state index in [0.717, 1.165) is 24.3 Å². The first-order chi connectivity index (χ1) is 6.92. The van der Waals surface area contributed by atoms with E-state index in [4.69, 9.17) is 0 Å². The summed E-state index contributed by atoms with van der Waals surface area (Å²) in [5, 5.41) is 5.53. The van der Waals surface area contributed by atoms with Crippen molar-refractivity contribution in [3.63, 3.8) is 0 Å². The second-order valence-electron chi connectivity index (χ2n) is 4.61. The minimum Gasteiger partial charge on any atom is -0.315 e. The van der Waals surface area contributed by atoms with E-state index in [2.05, 4.69) is 16.8 Å². The molecular formula is C12H17NS. The van der Waals surface area contributed by atoms with Gasteiger partial charge in [0.2, 0.25) is 0 Å². The van der Waals surface area contributed by atoms with E-state index in [0.29, 0.717) is 0 Å². The third kappa shape index (κ3) is 1.24. The molecule has 0 aliphatic heterocycles. The molecule has 2 saturated carbocycles. The third-order valence-electron chi connectivity index (χ3n) is 3.88. The summed E-state index contributed by atoms with van der Waals surface area (Å²) in [6.45, 7) is 1.06. The molecule has 3 rings (SSSR count). The van der Waals surface area contributed by atoms with Gasteiger partial charge in [0.1, 0.15) is 0 Å². The van der Waals surface area contributed by atoms with Crippen LogP contribution >= 0.6 is 11.3 Å². The van der Waals surface area contributed by atoms with Gasteiger partial charge in [-0.05, 0) is 54.7 Å². The Morgan fingerprint density at radius 1 is 1.43 bits per heavy atom. The maximum atomic E-state index is 3.27. The van der Waals surface area contributed by atoms with Gasteiger partial charge in [-0.25, -0.2) is 0 Å². The van der Waals surface area contributed by atoms with Crippen LogP contribution in [-0.4, -0.2) is 7.05 Å². The van der Waals surface area contributed by atoms with Gasteiger partial charge in [0.25, 0.3) is 0 Å². The fourth-order valence-corrected chi connectivity index (χ4v) is 4.18. The van der Waals surface area contributed by atoms with E-state index in [1.54, 1.807) is 10.4 Å². The van der Waals surface area contributed by atoms with Crippen molar-refractivity contribution < 1.29 is 0 Å². The minimum atomic E-state index is 0.943. The Hall–Kier alpha value is -0.340. The molecule has 1 heterocycles. The maximum absolute atomic E-state index is 3.27. The molecule has 0 bridgehead atoms. The summed E-state index contributed by atoms with van der Waals surface area (Å²) in [6, 6.07) is 2.36. The molecule has 76 valence electrons. The summed E-state index contributed by atoms with van der Waals surface area (Å²) in [4.78, 5) is 1.58. The average Bonchev–Trinajstić information content (AvgIpc) is 2.63. The lowest BCUT2D eigenvalue weighted by Crippen LogP contribution is -2.05. The number of hydrogen-bond donors (Lipinski definition) is 1. The summed E-state index contributed by atoms with van der Waals surface area (Å²) in [7, 11) is 2.04. The smallest absolute Gasteiger partial charge is 0.0299 e. The van der Waals surface area contributed by atoms with E-state index in [1.807, 2.05) is 18.4 Å². The van der Waals surface area contributed by atoms with Gasteiger partial charge in [-0.15, -0.1) is 11.3 Å². The first-order valence-corrected chi connectivity index (χ1v) is 6.50. The van der Waals surface area contributed by atoms with Crippen LogP contribution < -0.4 is 5.32 Å². The van der Waals surface area contributed by atoms with Crippen LogP contribution in [0.4, 0.5) is 0 Å². The van der Waals surface area contributed by atoms with Gasteiger partial charge < -0.3 is 5.32 Å². The van der Waals surface area contributed by atoms with Crippen molar-refractivity contribution in [2.45, 2.75) is 31.7 Å². The lowest BCUT2D eigenvalue weighted by molar-refractivity contribution is 0.677. The Morgan fingerprint density at radius 2 is 2.21 bits per heavy atom. The first-order valence-electron chi connectivity index (χ1n) is 5.62. The summed E-state index contributed by atoms with van der Waals surface area (Å²) in [6.07, 6.45) is 4.46. The highest BCUT2D eigenvalue weighted by molar-refractivity contribution is 7.10. The predicted molar refractivity (Wildman–Crippen MR) is 60.7 cm³/mol. The van der Waals surface area contributed by atoms with Gasteiger partial charge in [-0.1, -0.05) is 6.42 Å². The third-order valence-corrected chi connectivity index (χ3v) is 4.82. The Morgan fingerprint density at radius 3 is 2.93 bits per heavy atom. The maximum Gasteiger partial charge on any atom is 0.0299 e. The Labute approximate surface area is 89.5 Å². The Kier molecular flexibility index (Phi) is 2.14. The van der Waals surface area contributed by atoms with Crippen molar-refractivity contribution in [3.8, 4) is 0 Å². The van der Waals surface area contributed by atoms with Crippen molar-refractivity contribution in [1.82, 2.24) is 5.32 Å². The highest BCUT2D eigenvalue weighted by Gasteiger charge is 2.53. The van der Waals surface area contributed by atoms with Gasteiger partial charge in [-0.3, -0.25) is 0 Å². The van der Waals surface area contributed by atoms with Crippen molar-refractivity contribution in [3.05, 3.63) is 21.9 Å². The molecule has 0 spiro atoms. The van der Waals surface area contributed by atoms with E-state index in [-0.39, 0.29) is 0 Å². The Bertz CT molecular complexity index is 321. The van der Waals surface area contributed by atoms with Crippen LogP contribution in [0.2, 0.25) is 0 Å². The van der Waals surface area contributed by atoms with Crippen LogP contribution in [-0.2, 0) is 6.54 Å². The van der Waals surface area contributed by atoms with E-state index >= 15 is 0 Å². The van der Waals surface area contributed by atoms with Crippen LogP contribution in [0.15, 0.2) is 11.4 Å². The highest BCUT2D eigenvalue weighted by atomic mass is 32.1. The second-order valence-corrected chi connectivity index (χ2v) is 5.61. The summed E-state index contributed by atoms with van der Waals surface area (Å²) < 4.78 is 0. The van der Waals surface area contributed by atoms with E-state index < -0.39 is 0 Å². The number of thiophene rings is 1. The molecule has 0 saturated heterocycles. The molecule has 1 N–H and O–H groups in total.